The molecule has 0 aromatic carbocycles. The lowest BCUT2D eigenvalue weighted by molar-refractivity contribution is -0.129. The van der Waals surface area contributed by atoms with Gasteiger partial charge in [-0.3, -0.25) is 4.79 Å². The second kappa shape index (κ2) is 5.98. The van der Waals surface area contributed by atoms with Crippen molar-refractivity contribution >= 4 is 5.91 Å². The van der Waals surface area contributed by atoms with E-state index in [4.69, 9.17) is 10.5 Å². The number of amides is 1. The van der Waals surface area contributed by atoms with Gasteiger partial charge in [-0.15, -0.1) is 0 Å². The van der Waals surface area contributed by atoms with E-state index in [2.05, 4.69) is 0 Å². The normalized spacial score (nSPS) is 11.5. The van der Waals surface area contributed by atoms with Gasteiger partial charge in [0, 0.05) is 32.7 Å². The summed E-state index contributed by atoms with van der Waals surface area (Å²) in [5, 5.41) is 0. The molecule has 2 N–H and O–H groups in total. The number of rotatable bonds is 6. The smallest absolute Gasteiger partial charge is 0.222 e. The molecule has 1 amide bonds. The molecule has 4 nitrogen and oxygen atoms in total. The minimum atomic E-state index is -0.286. The van der Waals surface area contributed by atoms with Gasteiger partial charge in [0.15, 0.2) is 0 Å². The molecule has 0 atom stereocenters. The molecule has 0 saturated carbocycles. The molecule has 0 aliphatic carbocycles. The molecular weight excluding hydrogens is 180 g/mol. The van der Waals surface area contributed by atoms with Crippen molar-refractivity contribution in [3.8, 4) is 0 Å². The molecule has 0 saturated heterocycles. The van der Waals surface area contributed by atoms with Gasteiger partial charge < -0.3 is 15.4 Å². The highest BCUT2D eigenvalue weighted by atomic mass is 16.5. The van der Waals surface area contributed by atoms with Crippen molar-refractivity contribution in [2.75, 3.05) is 27.3 Å². The minimum absolute atomic E-state index is 0.139. The fourth-order valence-electron chi connectivity index (χ4n) is 0.884. The standard InChI is InChI=1S/C10H22N2O2/c1-10(2,11)8-14-7-5-6-9(13)12(3)4/h5-8,11H2,1-4H3. The van der Waals surface area contributed by atoms with Crippen molar-refractivity contribution in [3.63, 3.8) is 0 Å². The molecule has 0 radical (unpaired) electrons. The average Bonchev–Trinajstić information content (AvgIpc) is 2.01. The lowest BCUT2D eigenvalue weighted by atomic mass is 10.1. The number of carbonyl (C=O) groups is 1. The molecule has 0 fully saturated rings. The van der Waals surface area contributed by atoms with Gasteiger partial charge in [0.25, 0.3) is 0 Å². The zero-order valence-corrected chi connectivity index (χ0v) is 9.67. The van der Waals surface area contributed by atoms with E-state index in [9.17, 15) is 4.79 Å². The monoisotopic (exact) mass is 202 g/mol. The molecular formula is C10H22N2O2. The summed E-state index contributed by atoms with van der Waals surface area (Å²) < 4.78 is 5.33. The van der Waals surface area contributed by atoms with E-state index >= 15 is 0 Å². The molecule has 0 aliphatic rings. The van der Waals surface area contributed by atoms with Crippen LogP contribution in [0.25, 0.3) is 0 Å². The number of ether oxygens (including phenoxy) is 1. The highest BCUT2D eigenvalue weighted by molar-refractivity contribution is 5.75. The summed E-state index contributed by atoms with van der Waals surface area (Å²) in [6, 6.07) is 0. The Morgan fingerprint density at radius 3 is 2.43 bits per heavy atom. The molecule has 4 heteroatoms. The van der Waals surface area contributed by atoms with E-state index in [-0.39, 0.29) is 11.4 Å². The Kier molecular flexibility index (Phi) is 5.72. The number of nitrogens with zero attached hydrogens (tertiary/aromatic N) is 1. The first-order chi connectivity index (χ1) is 6.33. The van der Waals surface area contributed by atoms with E-state index in [1.165, 1.54) is 0 Å². The summed E-state index contributed by atoms with van der Waals surface area (Å²) in [6.07, 6.45) is 1.30. The van der Waals surface area contributed by atoms with Gasteiger partial charge >= 0.3 is 0 Å². The van der Waals surface area contributed by atoms with Gasteiger partial charge in [0.05, 0.1) is 6.61 Å². The van der Waals surface area contributed by atoms with Gasteiger partial charge in [-0.1, -0.05) is 0 Å². The number of carbonyl (C=O) groups excluding carboxylic acids is 1. The number of hydrogen-bond donors (Lipinski definition) is 1. The van der Waals surface area contributed by atoms with Crippen LogP contribution in [-0.4, -0.2) is 43.7 Å². The predicted octanol–water partition coefficient (Wildman–Crippen LogP) is 0.609. The van der Waals surface area contributed by atoms with Crippen LogP contribution in [0.5, 0.6) is 0 Å². The Morgan fingerprint density at radius 1 is 1.43 bits per heavy atom. The van der Waals surface area contributed by atoms with Crippen molar-refractivity contribution in [1.82, 2.24) is 4.90 Å². The Hall–Kier alpha value is -0.610. The maximum Gasteiger partial charge on any atom is 0.222 e. The van der Waals surface area contributed by atoms with Crippen LogP contribution >= 0.6 is 0 Å². The fourth-order valence-corrected chi connectivity index (χ4v) is 0.884. The quantitative estimate of drug-likeness (QED) is 0.642. The van der Waals surface area contributed by atoms with Crippen LogP contribution in [0.15, 0.2) is 0 Å². The van der Waals surface area contributed by atoms with Gasteiger partial charge in [0.2, 0.25) is 5.91 Å². The third kappa shape index (κ3) is 8.01. The summed E-state index contributed by atoms with van der Waals surface area (Å²) in [7, 11) is 3.51. The predicted molar refractivity (Wildman–Crippen MR) is 57.0 cm³/mol. The third-order valence-corrected chi connectivity index (χ3v) is 1.65. The van der Waals surface area contributed by atoms with E-state index in [1.807, 2.05) is 13.8 Å². The first-order valence-electron chi connectivity index (χ1n) is 4.90. The Labute approximate surface area is 86.4 Å². The van der Waals surface area contributed by atoms with Gasteiger partial charge in [-0.25, -0.2) is 0 Å². The zero-order chi connectivity index (χ0) is 11.2. The molecule has 0 bridgehead atoms. The van der Waals surface area contributed by atoms with Gasteiger partial charge in [-0.05, 0) is 20.3 Å². The Bertz CT molecular complexity index is 173. The van der Waals surface area contributed by atoms with Crippen LogP contribution in [-0.2, 0) is 9.53 Å². The average molecular weight is 202 g/mol. The highest BCUT2D eigenvalue weighted by Crippen LogP contribution is 1.99. The molecule has 0 unspecified atom stereocenters. The maximum absolute atomic E-state index is 11.1. The molecule has 0 aromatic heterocycles. The van der Waals surface area contributed by atoms with Crippen LogP contribution in [0.3, 0.4) is 0 Å². The van der Waals surface area contributed by atoms with E-state index < -0.39 is 0 Å². The maximum atomic E-state index is 11.1. The third-order valence-electron chi connectivity index (χ3n) is 1.65. The van der Waals surface area contributed by atoms with Crippen LogP contribution in [0.2, 0.25) is 0 Å². The van der Waals surface area contributed by atoms with Gasteiger partial charge in [-0.2, -0.15) is 0 Å². The summed E-state index contributed by atoms with van der Waals surface area (Å²) >= 11 is 0. The van der Waals surface area contributed by atoms with Crippen LogP contribution < -0.4 is 5.73 Å². The Morgan fingerprint density at radius 2 is 2.00 bits per heavy atom. The molecule has 0 rings (SSSR count). The second-order valence-electron chi connectivity index (χ2n) is 4.43. The summed E-state index contributed by atoms with van der Waals surface area (Å²) in [5.74, 6) is 0.139. The fraction of sp³-hybridized carbons (Fsp3) is 0.900. The van der Waals surface area contributed by atoms with E-state index in [1.54, 1.807) is 19.0 Å². The van der Waals surface area contributed by atoms with Crippen molar-refractivity contribution in [3.05, 3.63) is 0 Å². The van der Waals surface area contributed by atoms with Crippen molar-refractivity contribution < 1.29 is 9.53 Å². The molecule has 14 heavy (non-hydrogen) atoms. The summed E-state index contributed by atoms with van der Waals surface area (Å²) in [4.78, 5) is 12.7. The van der Waals surface area contributed by atoms with E-state index in [0.29, 0.717) is 19.6 Å². The highest BCUT2D eigenvalue weighted by Gasteiger charge is 2.10. The second-order valence-corrected chi connectivity index (χ2v) is 4.43. The minimum Gasteiger partial charge on any atom is -0.380 e. The summed E-state index contributed by atoms with van der Waals surface area (Å²) in [6.45, 7) is 4.96. The van der Waals surface area contributed by atoms with Crippen LogP contribution in [0.4, 0.5) is 0 Å². The Balaban J connectivity index is 3.35. The van der Waals surface area contributed by atoms with Crippen LogP contribution in [0, 0.1) is 0 Å². The molecule has 0 spiro atoms. The first-order valence-corrected chi connectivity index (χ1v) is 4.90. The molecule has 84 valence electrons. The molecule has 0 aromatic rings. The largest absolute Gasteiger partial charge is 0.380 e. The molecule has 0 aliphatic heterocycles. The number of hydrogen-bond acceptors (Lipinski definition) is 3. The SMILES string of the molecule is CN(C)C(=O)CCCOCC(C)(C)N. The van der Waals surface area contributed by atoms with Crippen LogP contribution in [0.1, 0.15) is 26.7 Å². The lowest BCUT2D eigenvalue weighted by Gasteiger charge is -2.18. The number of nitrogens with two attached hydrogens (primary N) is 1. The van der Waals surface area contributed by atoms with Gasteiger partial charge in [0.1, 0.15) is 0 Å². The van der Waals surface area contributed by atoms with E-state index in [0.717, 1.165) is 6.42 Å². The lowest BCUT2D eigenvalue weighted by Crippen LogP contribution is -2.37. The van der Waals surface area contributed by atoms with Crippen molar-refractivity contribution in [2.24, 2.45) is 5.73 Å². The van der Waals surface area contributed by atoms with Crippen molar-refractivity contribution in [2.45, 2.75) is 32.2 Å². The van der Waals surface area contributed by atoms with Crippen molar-refractivity contribution in [1.29, 1.82) is 0 Å². The summed E-state index contributed by atoms with van der Waals surface area (Å²) in [5.41, 5.74) is 5.44. The molecule has 0 heterocycles. The zero-order valence-electron chi connectivity index (χ0n) is 9.67. The first kappa shape index (κ1) is 13.4. The topological polar surface area (TPSA) is 55.6 Å².